The zero-order valence-electron chi connectivity index (χ0n) is 6.87. The molecule has 0 N–H and O–H groups in total. The third-order valence-corrected chi connectivity index (χ3v) is 1.56. The van der Waals surface area contributed by atoms with Crippen LogP contribution in [-0.4, -0.2) is 9.97 Å². The molecule has 0 amide bonds. The number of aryl methyl sites for hydroxylation is 2. The van der Waals surface area contributed by atoms with Gasteiger partial charge in [0.2, 0.25) is 5.76 Å². The second kappa shape index (κ2) is 2.48. The minimum Gasteiger partial charge on any atom is -0.439 e. The van der Waals surface area contributed by atoms with Gasteiger partial charge < -0.3 is 8.83 Å². The van der Waals surface area contributed by atoms with Crippen LogP contribution in [-0.2, 0) is 0 Å². The maximum Gasteiger partial charge on any atom is 0.265 e. The standard InChI is InChI=1S/C8H8N2O2/c1-5-3-9-8(12-5)7-6(2)10-4-11-7/h3-4H,1-2H3. The van der Waals surface area contributed by atoms with E-state index in [1.54, 1.807) is 6.20 Å². The van der Waals surface area contributed by atoms with Gasteiger partial charge in [-0.1, -0.05) is 0 Å². The van der Waals surface area contributed by atoms with Gasteiger partial charge in [0.15, 0.2) is 6.39 Å². The van der Waals surface area contributed by atoms with Crippen molar-refractivity contribution < 1.29 is 8.83 Å². The second-order valence-electron chi connectivity index (χ2n) is 2.54. The van der Waals surface area contributed by atoms with Crippen molar-refractivity contribution in [2.75, 3.05) is 0 Å². The van der Waals surface area contributed by atoms with Crippen LogP contribution in [0.2, 0.25) is 0 Å². The van der Waals surface area contributed by atoms with Gasteiger partial charge in [-0.05, 0) is 13.8 Å². The van der Waals surface area contributed by atoms with Crippen molar-refractivity contribution in [3.63, 3.8) is 0 Å². The van der Waals surface area contributed by atoms with Crippen LogP contribution < -0.4 is 0 Å². The molecule has 2 aromatic rings. The van der Waals surface area contributed by atoms with Gasteiger partial charge >= 0.3 is 0 Å². The van der Waals surface area contributed by atoms with Gasteiger partial charge in [0.1, 0.15) is 5.76 Å². The minimum absolute atomic E-state index is 0.488. The molecule has 0 fully saturated rings. The predicted octanol–water partition coefficient (Wildman–Crippen LogP) is 1.95. The summed E-state index contributed by atoms with van der Waals surface area (Å²) in [5.74, 6) is 1.85. The van der Waals surface area contributed by atoms with E-state index in [2.05, 4.69) is 9.97 Å². The molecular formula is C8H8N2O2. The van der Waals surface area contributed by atoms with Gasteiger partial charge in [0.05, 0.1) is 11.9 Å². The highest BCUT2D eigenvalue weighted by Gasteiger charge is 2.11. The Morgan fingerprint density at radius 2 is 2.08 bits per heavy atom. The molecule has 0 radical (unpaired) electrons. The van der Waals surface area contributed by atoms with Gasteiger partial charge in [0.25, 0.3) is 5.89 Å². The van der Waals surface area contributed by atoms with Crippen LogP contribution in [0.3, 0.4) is 0 Å². The maximum absolute atomic E-state index is 5.26. The molecule has 0 aliphatic carbocycles. The molecule has 0 saturated carbocycles. The summed E-state index contributed by atoms with van der Waals surface area (Å²) in [6.45, 7) is 3.68. The Balaban J connectivity index is 2.50. The molecule has 2 heterocycles. The topological polar surface area (TPSA) is 52.1 Å². The van der Waals surface area contributed by atoms with Gasteiger partial charge in [-0.25, -0.2) is 9.97 Å². The van der Waals surface area contributed by atoms with Crippen molar-refractivity contribution in [1.82, 2.24) is 9.97 Å². The van der Waals surface area contributed by atoms with Crippen molar-refractivity contribution in [1.29, 1.82) is 0 Å². The lowest BCUT2D eigenvalue weighted by atomic mass is 10.4. The highest BCUT2D eigenvalue weighted by Crippen LogP contribution is 2.21. The van der Waals surface area contributed by atoms with E-state index >= 15 is 0 Å². The van der Waals surface area contributed by atoms with E-state index in [4.69, 9.17) is 8.83 Å². The molecule has 4 heteroatoms. The first-order valence-electron chi connectivity index (χ1n) is 3.60. The van der Waals surface area contributed by atoms with Crippen LogP contribution in [0.25, 0.3) is 11.7 Å². The minimum atomic E-state index is 0.488. The molecule has 0 aliphatic rings. The molecule has 0 bridgehead atoms. The zero-order chi connectivity index (χ0) is 8.55. The first-order valence-corrected chi connectivity index (χ1v) is 3.60. The fraction of sp³-hybridized carbons (Fsp3) is 0.250. The van der Waals surface area contributed by atoms with Crippen molar-refractivity contribution >= 4 is 0 Å². The number of hydrogen-bond donors (Lipinski definition) is 0. The smallest absolute Gasteiger partial charge is 0.265 e. The average molecular weight is 164 g/mol. The Labute approximate surface area is 69.2 Å². The fourth-order valence-corrected chi connectivity index (χ4v) is 0.967. The molecule has 0 aliphatic heterocycles. The largest absolute Gasteiger partial charge is 0.439 e. The molecule has 0 aromatic carbocycles. The lowest BCUT2D eigenvalue weighted by Gasteiger charge is -1.87. The third kappa shape index (κ3) is 1.01. The summed E-state index contributed by atoms with van der Waals surface area (Å²) in [5.41, 5.74) is 0.789. The quantitative estimate of drug-likeness (QED) is 0.646. The van der Waals surface area contributed by atoms with Crippen molar-refractivity contribution in [3.05, 3.63) is 24.0 Å². The molecule has 62 valence electrons. The molecule has 12 heavy (non-hydrogen) atoms. The lowest BCUT2D eigenvalue weighted by molar-refractivity contribution is 0.498. The van der Waals surface area contributed by atoms with Crippen LogP contribution in [0.1, 0.15) is 11.5 Å². The summed E-state index contributed by atoms with van der Waals surface area (Å²) in [5, 5.41) is 0. The van der Waals surface area contributed by atoms with Crippen molar-refractivity contribution in [2.24, 2.45) is 0 Å². The number of hydrogen-bond acceptors (Lipinski definition) is 4. The van der Waals surface area contributed by atoms with E-state index in [-0.39, 0.29) is 0 Å². The molecule has 0 spiro atoms. The normalized spacial score (nSPS) is 10.5. The summed E-state index contributed by atoms with van der Waals surface area (Å²) in [6.07, 6.45) is 3.03. The van der Waals surface area contributed by atoms with Gasteiger partial charge in [-0.15, -0.1) is 0 Å². The average Bonchev–Trinajstić information content (AvgIpc) is 2.58. The molecule has 2 rings (SSSR count). The first-order chi connectivity index (χ1) is 5.77. The lowest BCUT2D eigenvalue weighted by Crippen LogP contribution is -1.76. The number of aromatic nitrogens is 2. The summed E-state index contributed by atoms with van der Waals surface area (Å²) >= 11 is 0. The highest BCUT2D eigenvalue weighted by molar-refractivity contribution is 5.46. The van der Waals surface area contributed by atoms with E-state index < -0.39 is 0 Å². The molecular weight excluding hydrogens is 156 g/mol. The molecule has 0 unspecified atom stereocenters. The van der Waals surface area contributed by atoms with Crippen LogP contribution >= 0.6 is 0 Å². The Morgan fingerprint density at radius 1 is 1.25 bits per heavy atom. The Kier molecular flexibility index (Phi) is 1.46. The summed E-state index contributed by atoms with van der Waals surface area (Å²) < 4.78 is 10.4. The predicted molar refractivity (Wildman–Crippen MR) is 41.5 cm³/mol. The van der Waals surface area contributed by atoms with Crippen LogP contribution in [0.4, 0.5) is 0 Å². The number of nitrogens with zero attached hydrogens (tertiary/aromatic N) is 2. The van der Waals surface area contributed by atoms with Gasteiger partial charge in [0, 0.05) is 0 Å². The Morgan fingerprint density at radius 3 is 2.58 bits per heavy atom. The highest BCUT2D eigenvalue weighted by atomic mass is 16.4. The van der Waals surface area contributed by atoms with E-state index in [0.717, 1.165) is 11.5 Å². The number of oxazole rings is 2. The third-order valence-electron chi connectivity index (χ3n) is 1.56. The van der Waals surface area contributed by atoms with E-state index in [0.29, 0.717) is 11.7 Å². The fourth-order valence-electron chi connectivity index (χ4n) is 0.967. The van der Waals surface area contributed by atoms with E-state index in [1.807, 2.05) is 13.8 Å². The van der Waals surface area contributed by atoms with Crippen LogP contribution in [0, 0.1) is 13.8 Å². The van der Waals surface area contributed by atoms with E-state index in [9.17, 15) is 0 Å². The zero-order valence-corrected chi connectivity index (χ0v) is 6.87. The SMILES string of the molecule is Cc1cnc(-c2ocnc2C)o1. The summed E-state index contributed by atoms with van der Waals surface area (Å²) in [4.78, 5) is 7.95. The molecule has 0 atom stereocenters. The van der Waals surface area contributed by atoms with Gasteiger partial charge in [-0.2, -0.15) is 0 Å². The molecule has 0 saturated heterocycles. The number of rotatable bonds is 1. The molecule has 2 aromatic heterocycles. The Bertz CT molecular complexity index is 389. The Hall–Kier alpha value is -1.58. The van der Waals surface area contributed by atoms with Crippen molar-refractivity contribution in [3.8, 4) is 11.7 Å². The second-order valence-corrected chi connectivity index (χ2v) is 2.54. The van der Waals surface area contributed by atoms with Gasteiger partial charge in [-0.3, -0.25) is 0 Å². The van der Waals surface area contributed by atoms with E-state index in [1.165, 1.54) is 6.39 Å². The monoisotopic (exact) mass is 164 g/mol. The van der Waals surface area contributed by atoms with Crippen LogP contribution in [0.15, 0.2) is 21.4 Å². The maximum atomic E-state index is 5.26. The summed E-state index contributed by atoms with van der Waals surface area (Å²) in [6, 6.07) is 0. The first kappa shape index (κ1) is 7.09. The summed E-state index contributed by atoms with van der Waals surface area (Å²) in [7, 11) is 0. The molecule has 4 nitrogen and oxygen atoms in total. The van der Waals surface area contributed by atoms with Crippen molar-refractivity contribution in [2.45, 2.75) is 13.8 Å². The van der Waals surface area contributed by atoms with Crippen LogP contribution in [0.5, 0.6) is 0 Å².